The van der Waals surface area contributed by atoms with Gasteiger partial charge in [0.05, 0.1) is 10.7 Å². The van der Waals surface area contributed by atoms with Crippen LogP contribution in [0, 0.1) is 12.8 Å². The first-order valence-electron chi connectivity index (χ1n) is 6.45. The predicted molar refractivity (Wildman–Crippen MR) is 86.6 cm³/mol. The minimum Gasteiger partial charge on any atom is -0.330 e. The fraction of sp³-hybridized carbons (Fsp3) is 0.400. The van der Waals surface area contributed by atoms with E-state index < -0.39 is 0 Å². The molecule has 0 fully saturated rings. The summed E-state index contributed by atoms with van der Waals surface area (Å²) in [7, 11) is 0. The number of hydrogen-bond acceptors (Lipinski definition) is 3. The summed E-state index contributed by atoms with van der Waals surface area (Å²) in [4.78, 5) is 4.79. The summed E-state index contributed by atoms with van der Waals surface area (Å²) in [5.41, 5.74) is 9.36. The van der Waals surface area contributed by atoms with Gasteiger partial charge in [-0.2, -0.15) is 0 Å². The van der Waals surface area contributed by atoms with E-state index in [2.05, 4.69) is 60.3 Å². The lowest BCUT2D eigenvalue weighted by Gasteiger charge is -2.15. The molecule has 0 saturated heterocycles. The molecule has 4 heteroatoms. The van der Waals surface area contributed by atoms with Crippen LogP contribution in [0.5, 0.6) is 0 Å². The van der Waals surface area contributed by atoms with Crippen LogP contribution in [-0.4, -0.2) is 11.5 Å². The van der Waals surface area contributed by atoms with Gasteiger partial charge >= 0.3 is 0 Å². The van der Waals surface area contributed by atoms with Gasteiger partial charge in [-0.3, -0.25) is 0 Å². The molecule has 0 aliphatic carbocycles. The van der Waals surface area contributed by atoms with Gasteiger partial charge in [0.1, 0.15) is 0 Å². The Morgan fingerprint density at radius 1 is 1.37 bits per heavy atom. The zero-order valence-electron chi connectivity index (χ0n) is 11.5. The lowest BCUT2D eigenvalue weighted by Crippen LogP contribution is -2.17. The Kier molecular flexibility index (Phi) is 4.76. The zero-order valence-corrected chi connectivity index (χ0v) is 13.9. The maximum Gasteiger partial charge on any atom is 0.0978 e. The molecule has 1 aromatic carbocycles. The maximum absolute atomic E-state index is 5.87. The number of rotatable bonds is 4. The summed E-state index contributed by atoms with van der Waals surface area (Å²) in [6.45, 7) is 7.16. The van der Waals surface area contributed by atoms with Gasteiger partial charge in [-0.15, -0.1) is 11.3 Å². The van der Waals surface area contributed by atoms with Gasteiger partial charge in [-0.05, 0) is 30.5 Å². The van der Waals surface area contributed by atoms with E-state index in [0.717, 1.165) is 15.2 Å². The van der Waals surface area contributed by atoms with Crippen LogP contribution >= 0.6 is 27.3 Å². The molecule has 0 amide bonds. The lowest BCUT2D eigenvalue weighted by molar-refractivity contribution is 0.504. The minimum atomic E-state index is 0.353. The van der Waals surface area contributed by atoms with Crippen molar-refractivity contribution in [1.82, 2.24) is 4.98 Å². The summed E-state index contributed by atoms with van der Waals surface area (Å²) in [5.74, 6) is 0.874. The largest absolute Gasteiger partial charge is 0.330 e. The summed E-state index contributed by atoms with van der Waals surface area (Å²) in [6.07, 6.45) is 0. The number of nitrogens with zero attached hydrogens (tertiary/aromatic N) is 1. The Morgan fingerprint density at radius 3 is 2.74 bits per heavy atom. The highest BCUT2D eigenvalue weighted by Crippen LogP contribution is 2.32. The number of nitrogens with two attached hydrogens (primary N) is 1. The lowest BCUT2D eigenvalue weighted by atomic mass is 9.97. The van der Waals surface area contributed by atoms with Crippen molar-refractivity contribution in [3.05, 3.63) is 38.6 Å². The van der Waals surface area contributed by atoms with Crippen LogP contribution in [0.3, 0.4) is 0 Å². The summed E-state index contributed by atoms with van der Waals surface area (Å²) >= 11 is 5.24. The SMILES string of the molecule is Cc1ccc(Br)cc1-c1csc(C(CN)C(C)C)n1. The average molecular weight is 339 g/mol. The normalized spacial score (nSPS) is 12.9. The van der Waals surface area contributed by atoms with Gasteiger partial charge in [0.25, 0.3) is 0 Å². The Bertz CT molecular complexity index is 563. The molecule has 2 rings (SSSR count). The molecule has 1 unspecified atom stereocenters. The molecule has 2 N–H and O–H groups in total. The number of thiazole rings is 1. The highest BCUT2D eigenvalue weighted by atomic mass is 79.9. The van der Waals surface area contributed by atoms with Crippen molar-refractivity contribution < 1.29 is 0 Å². The molecule has 1 aromatic heterocycles. The molecule has 1 heterocycles. The van der Waals surface area contributed by atoms with Crippen molar-refractivity contribution in [2.75, 3.05) is 6.54 Å². The van der Waals surface area contributed by atoms with Gasteiger partial charge in [0.2, 0.25) is 0 Å². The first-order chi connectivity index (χ1) is 9.02. The van der Waals surface area contributed by atoms with Crippen LogP contribution in [-0.2, 0) is 0 Å². The van der Waals surface area contributed by atoms with Crippen LogP contribution in [0.25, 0.3) is 11.3 Å². The average Bonchev–Trinajstić information content (AvgIpc) is 2.82. The van der Waals surface area contributed by atoms with Crippen LogP contribution in [0.1, 0.15) is 30.3 Å². The molecule has 1 atom stereocenters. The standard InChI is InChI=1S/C15H19BrN2S/c1-9(2)13(7-17)15-18-14(8-19-15)12-6-11(16)5-4-10(12)3/h4-6,8-9,13H,7,17H2,1-3H3. The Balaban J connectivity index is 2.38. The molecule has 102 valence electrons. The summed E-state index contributed by atoms with van der Waals surface area (Å²) in [6, 6.07) is 6.30. The number of hydrogen-bond donors (Lipinski definition) is 1. The second-order valence-electron chi connectivity index (χ2n) is 5.12. The fourth-order valence-corrected chi connectivity index (χ4v) is 3.58. The molecule has 0 aliphatic heterocycles. The van der Waals surface area contributed by atoms with Gasteiger partial charge in [-0.1, -0.05) is 35.8 Å². The third kappa shape index (κ3) is 3.25. The molecule has 19 heavy (non-hydrogen) atoms. The third-order valence-electron chi connectivity index (χ3n) is 3.37. The van der Waals surface area contributed by atoms with Crippen molar-refractivity contribution in [2.45, 2.75) is 26.7 Å². The van der Waals surface area contributed by atoms with Crippen LogP contribution in [0.2, 0.25) is 0 Å². The molecule has 0 bridgehead atoms. The molecule has 2 aromatic rings. The fourth-order valence-electron chi connectivity index (χ4n) is 2.11. The van der Waals surface area contributed by atoms with Crippen LogP contribution in [0.15, 0.2) is 28.1 Å². The molecule has 0 saturated carbocycles. The smallest absolute Gasteiger partial charge is 0.0978 e. The van der Waals surface area contributed by atoms with E-state index in [4.69, 9.17) is 10.7 Å². The van der Waals surface area contributed by atoms with E-state index >= 15 is 0 Å². The van der Waals surface area contributed by atoms with Crippen molar-refractivity contribution in [3.8, 4) is 11.3 Å². The molecule has 0 spiro atoms. The van der Waals surface area contributed by atoms with E-state index in [9.17, 15) is 0 Å². The van der Waals surface area contributed by atoms with E-state index in [1.54, 1.807) is 11.3 Å². The van der Waals surface area contributed by atoms with Gasteiger partial charge < -0.3 is 5.73 Å². The van der Waals surface area contributed by atoms with Gasteiger partial charge in [0.15, 0.2) is 0 Å². The second-order valence-corrected chi connectivity index (χ2v) is 6.92. The van der Waals surface area contributed by atoms with E-state index in [0.29, 0.717) is 18.4 Å². The highest BCUT2D eigenvalue weighted by Gasteiger charge is 2.18. The highest BCUT2D eigenvalue weighted by molar-refractivity contribution is 9.10. The second kappa shape index (κ2) is 6.16. The maximum atomic E-state index is 5.87. The van der Waals surface area contributed by atoms with Crippen molar-refractivity contribution >= 4 is 27.3 Å². The van der Waals surface area contributed by atoms with Crippen molar-refractivity contribution in [2.24, 2.45) is 11.7 Å². The molecular formula is C15H19BrN2S. The first-order valence-corrected chi connectivity index (χ1v) is 8.12. The van der Waals surface area contributed by atoms with Crippen molar-refractivity contribution in [3.63, 3.8) is 0 Å². The van der Waals surface area contributed by atoms with Crippen LogP contribution < -0.4 is 5.73 Å². The molecule has 0 radical (unpaired) electrons. The minimum absolute atomic E-state index is 0.353. The number of halogens is 1. The van der Waals surface area contributed by atoms with Crippen molar-refractivity contribution in [1.29, 1.82) is 0 Å². The molecular weight excluding hydrogens is 320 g/mol. The Morgan fingerprint density at radius 2 is 2.11 bits per heavy atom. The quantitative estimate of drug-likeness (QED) is 0.886. The predicted octanol–water partition coefficient (Wildman–Crippen LogP) is 4.58. The van der Waals surface area contributed by atoms with E-state index in [-0.39, 0.29) is 0 Å². The van der Waals surface area contributed by atoms with E-state index in [1.807, 2.05) is 0 Å². The summed E-state index contributed by atoms with van der Waals surface area (Å²) in [5, 5.41) is 3.28. The molecule has 2 nitrogen and oxygen atoms in total. The van der Waals surface area contributed by atoms with Gasteiger partial charge in [0, 0.05) is 27.9 Å². The first kappa shape index (κ1) is 14.7. The number of aryl methyl sites for hydroxylation is 1. The monoisotopic (exact) mass is 338 g/mol. The molecule has 0 aliphatic rings. The van der Waals surface area contributed by atoms with Crippen LogP contribution in [0.4, 0.5) is 0 Å². The summed E-state index contributed by atoms with van der Waals surface area (Å²) < 4.78 is 1.09. The van der Waals surface area contributed by atoms with Gasteiger partial charge in [-0.25, -0.2) is 4.98 Å². The third-order valence-corrected chi connectivity index (χ3v) is 4.84. The number of aromatic nitrogens is 1. The van der Waals surface area contributed by atoms with E-state index in [1.165, 1.54) is 11.1 Å². The Hall–Kier alpha value is -0.710. The zero-order chi connectivity index (χ0) is 14.0. The Labute approximate surface area is 127 Å². The topological polar surface area (TPSA) is 38.9 Å². The number of benzene rings is 1.